The maximum absolute atomic E-state index is 12.2. The van der Waals surface area contributed by atoms with Crippen molar-refractivity contribution in [2.24, 2.45) is 29.1 Å². The molecule has 2 rings (SSSR count). The van der Waals surface area contributed by atoms with Crippen LogP contribution in [0.1, 0.15) is 27.2 Å². The van der Waals surface area contributed by atoms with E-state index in [9.17, 15) is 4.79 Å². The second kappa shape index (κ2) is 3.31. The van der Waals surface area contributed by atoms with Gasteiger partial charge in [0.15, 0.2) is 0 Å². The first-order valence-corrected chi connectivity index (χ1v) is 6.18. The number of nitrogens with one attached hydrogen (secondary N) is 1. The number of fused-ring (bicyclic) bond motifs is 2. The van der Waals surface area contributed by atoms with Gasteiger partial charge in [-0.3, -0.25) is 4.79 Å². The Morgan fingerprint density at radius 3 is 2.47 bits per heavy atom. The molecule has 0 aromatic heterocycles. The molecular weight excluding hydrogens is 186 g/mol. The summed E-state index contributed by atoms with van der Waals surface area (Å²) in [4.78, 5) is 13.6. The monoisotopic (exact) mass is 210 g/mol. The van der Waals surface area contributed by atoms with E-state index in [4.69, 9.17) is 0 Å². The fraction of sp³-hybridized carbons (Fsp3) is 0.923. The number of hydrogen-bond acceptors (Lipinski definition) is 1. The Hall–Kier alpha value is -0.370. The fourth-order valence-electron chi connectivity index (χ4n) is 3.84. The van der Waals surface area contributed by atoms with Crippen LogP contribution >= 0.6 is 0 Å². The van der Waals surface area contributed by atoms with Gasteiger partial charge in [-0.25, -0.2) is 0 Å². The molecule has 0 aromatic rings. The number of rotatable bonds is 2. The Bertz CT molecular complexity index is 282. The van der Waals surface area contributed by atoms with Crippen molar-refractivity contribution in [1.29, 1.82) is 0 Å². The molecule has 2 heteroatoms. The summed E-state index contributed by atoms with van der Waals surface area (Å²) in [7, 11) is 4.30. The zero-order chi connectivity index (χ0) is 11.4. The van der Waals surface area contributed by atoms with Crippen LogP contribution in [0.2, 0.25) is 0 Å². The minimum absolute atomic E-state index is 0.339. The van der Waals surface area contributed by atoms with Gasteiger partial charge in [0, 0.05) is 5.92 Å². The van der Waals surface area contributed by atoms with Gasteiger partial charge < -0.3 is 4.90 Å². The second-order valence-electron chi connectivity index (χ2n) is 6.48. The minimum Gasteiger partial charge on any atom is -0.339 e. The molecule has 2 fully saturated rings. The van der Waals surface area contributed by atoms with E-state index in [-0.39, 0.29) is 0 Å². The van der Waals surface area contributed by atoms with E-state index < -0.39 is 0 Å². The molecule has 4 atom stereocenters. The Balaban J connectivity index is 2.21. The van der Waals surface area contributed by atoms with Crippen LogP contribution in [0.4, 0.5) is 0 Å². The minimum atomic E-state index is 0.339. The van der Waals surface area contributed by atoms with Crippen molar-refractivity contribution in [3.63, 3.8) is 0 Å². The van der Waals surface area contributed by atoms with Crippen LogP contribution < -0.4 is 4.90 Å². The topological polar surface area (TPSA) is 21.5 Å². The summed E-state index contributed by atoms with van der Waals surface area (Å²) in [6.07, 6.45) is 1.16. The Labute approximate surface area is 93.0 Å². The van der Waals surface area contributed by atoms with Crippen LogP contribution in [0.5, 0.6) is 0 Å². The summed E-state index contributed by atoms with van der Waals surface area (Å²) in [6, 6.07) is 0. The van der Waals surface area contributed by atoms with Crippen LogP contribution in [0, 0.1) is 29.1 Å². The van der Waals surface area contributed by atoms with Crippen LogP contribution in [0.3, 0.4) is 0 Å². The third-order valence-corrected chi connectivity index (χ3v) is 5.09. The summed E-state index contributed by atoms with van der Waals surface area (Å²) in [5.74, 6) is 2.50. The highest BCUT2D eigenvalue weighted by molar-refractivity contribution is 5.87. The number of carbonyl (C=O) groups excluding carboxylic acids is 1. The van der Waals surface area contributed by atoms with E-state index >= 15 is 0 Å². The van der Waals surface area contributed by atoms with E-state index in [0.29, 0.717) is 34.9 Å². The summed E-state index contributed by atoms with van der Waals surface area (Å²) >= 11 is 0. The normalized spacial score (nSPS) is 42.9. The molecule has 1 N–H and O–H groups in total. The molecule has 2 nitrogen and oxygen atoms in total. The van der Waals surface area contributed by atoms with Crippen molar-refractivity contribution in [1.82, 2.24) is 0 Å². The first-order valence-electron chi connectivity index (χ1n) is 6.18. The zero-order valence-electron chi connectivity index (χ0n) is 10.6. The van der Waals surface area contributed by atoms with Gasteiger partial charge in [0.05, 0.1) is 26.6 Å². The van der Waals surface area contributed by atoms with Gasteiger partial charge in [0.25, 0.3) is 0 Å². The lowest BCUT2D eigenvalue weighted by Gasteiger charge is -2.39. The molecule has 2 aliphatic rings. The Morgan fingerprint density at radius 1 is 1.40 bits per heavy atom. The molecule has 86 valence electrons. The molecule has 2 aliphatic carbocycles. The second-order valence-corrected chi connectivity index (χ2v) is 6.48. The lowest BCUT2D eigenvalue weighted by Crippen LogP contribution is -3.06. The fourth-order valence-corrected chi connectivity index (χ4v) is 3.84. The number of carbonyl (C=O) groups is 1. The van der Waals surface area contributed by atoms with Gasteiger partial charge >= 0.3 is 0 Å². The molecule has 0 aliphatic heterocycles. The molecule has 15 heavy (non-hydrogen) atoms. The van der Waals surface area contributed by atoms with E-state index in [1.807, 2.05) is 0 Å². The summed E-state index contributed by atoms with van der Waals surface area (Å²) in [5, 5.41) is 0. The first kappa shape index (κ1) is 11.1. The van der Waals surface area contributed by atoms with Crippen molar-refractivity contribution in [3.8, 4) is 0 Å². The number of quaternary nitrogens is 1. The predicted octanol–water partition coefficient (Wildman–Crippen LogP) is 0.628. The molecular formula is C13H24NO+. The highest BCUT2D eigenvalue weighted by Gasteiger charge is 2.60. The van der Waals surface area contributed by atoms with Crippen LogP contribution in [-0.4, -0.2) is 26.4 Å². The van der Waals surface area contributed by atoms with Gasteiger partial charge in [-0.05, 0) is 23.7 Å². The maximum Gasteiger partial charge on any atom is 0.145 e. The third kappa shape index (κ3) is 1.45. The SMILES string of the molecule is C[C@@H]1[C@H]2C[C@H]([C@H](C[NH+](C)C)C2=O)C1(C)C. The van der Waals surface area contributed by atoms with E-state index in [1.54, 1.807) is 0 Å². The molecule has 2 saturated carbocycles. The smallest absolute Gasteiger partial charge is 0.145 e. The quantitative estimate of drug-likeness (QED) is 0.709. The molecule has 0 aromatic carbocycles. The largest absolute Gasteiger partial charge is 0.339 e. The van der Waals surface area contributed by atoms with Gasteiger partial charge in [0.2, 0.25) is 0 Å². The Kier molecular flexibility index (Phi) is 2.45. The summed E-state index contributed by atoms with van der Waals surface area (Å²) < 4.78 is 0. The highest BCUT2D eigenvalue weighted by atomic mass is 16.1. The van der Waals surface area contributed by atoms with Crippen molar-refractivity contribution in [2.45, 2.75) is 27.2 Å². The Morgan fingerprint density at radius 2 is 2.00 bits per heavy atom. The lowest BCUT2D eigenvalue weighted by molar-refractivity contribution is -0.861. The maximum atomic E-state index is 12.2. The standard InChI is InChI=1S/C13H23NO/c1-8-9-6-11(13(8,2)3)10(12(9)15)7-14(4)5/h8-11H,6-7H2,1-5H3/p+1/t8-,9-,10+,11-/m1/s1. The van der Waals surface area contributed by atoms with Gasteiger partial charge in [-0.2, -0.15) is 0 Å². The highest BCUT2D eigenvalue weighted by Crippen LogP contribution is 2.59. The van der Waals surface area contributed by atoms with E-state index in [0.717, 1.165) is 13.0 Å². The van der Waals surface area contributed by atoms with Gasteiger partial charge in [-0.1, -0.05) is 20.8 Å². The zero-order valence-corrected chi connectivity index (χ0v) is 10.6. The summed E-state index contributed by atoms with van der Waals surface area (Å²) in [5.41, 5.74) is 0.374. The third-order valence-electron chi connectivity index (χ3n) is 5.09. The molecule has 0 heterocycles. The van der Waals surface area contributed by atoms with Crippen molar-refractivity contribution in [2.75, 3.05) is 20.6 Å². The van der Waals surface area contributed by atoms with E-state index in [2.05, 4.69) is 34.9 Å². The van der Waals surface area contributed by atoms with Gasteiger partial charge in [0.1, 0.15) is 5.78 Å². The van der Waals surface area contributed by atoms with Crippen molar-refractivity contribution < 1.29 is 9.69 Å². The average molecular weight is 210 g/mol. The average Bonchev–Trinajstić information content (AvgIpc) is 2.52. The molecule has 0 amide bonds. The number of Topliss-reactive ketones (excluding diaryl/α,β-unsaturated/α-hetero) is 1. The number of hydrogen-bond donors (Lipinski definition) is 1. The van der Waals surface area contributed by atoms with Crippen LogP contribution in [-0.2, 0) is 4.79 Å². The van der Waals surface area contributed by atoms with Gasteiger partial charge in [-0.15, -0.1) is 0 Å². The number of ketones is 1. The summed E-state index contributed by atoms with van der Waals surface area (Å²) in [6.45, 7) is 8.00. The van der Waals surface area contributed by atoms with Crippen molar-refractivity contribution in [3.05, 3.63) is 0 Å². The predicted molar refractivity (Wildman–Crippen MR) is 60.7 cm³/mol. The molecule has 2 bridgehead atoms. The lowest BCUT2D eigenvalue weighted by atomic mass is 9.65. The van der Waals surface area contributed by atoms with Crippen LogP contribution in [0.25, 0.3) is 0 Å². The van der Waals surface area contributed by atoms with Crippen molar-refractivity contribution >= 4 is 5.78 Å². The molecule has 0 saturated heterocycles. The van der Waals surface area contributed by atoms with Crippen LogP contribution in [0.15, 0.2) is 0 Å². The molecule has 0 radical (unpaired) electrons. The van der Waals surface area contributed by atoms with E-state index in [1.165, 1.54) is 4.90 Å². The first-order chi connectivity index (χ1) is 6.85. The molecule has 0 unspecified atom stereocenters. The molecule has 0 spiro atoms.